The second-order valence-corrected chi connectivity index (χ2v) is 10.5. The number of carbonyl (C=O) groups excluding carboxylic acids is 2. The third-order valence-corrected chi connectivity index (χ3v) is 6.61. The Kier molecular flexibility index (Phi) is 8.02. The molecule has 0 aliphatic heterocycles. The number of aromatic nitrogens is 1. The van der Waals surface area contributed by atoms with E-state index in [1.54, 1.807) is 26.0 Å². The number of Topliss-reactive ketones (excluding diaryl/α,β-unsaturated/α-hetero) is 1. The molecule has 0 unspecified atom stereocenters. The maximum absolute atomic E-state index is 14.8. The van der Waals surface area contributed by atoms with Gasteiger partial charge in [-0.3, -0.25) is 9.59 Å². The summed E-state index contributed by atoms with van der Waals surface area (Å²) in [5, 5.41) is 12.1. The van der Waals surface area contributed by atoms with Crippen LogP contribution in [0.3, 0.4) is 0 Å². The third kappa shape index (κ3) is 6.62. The molecule has 2 aromatic carbocycles. The maximum atomic E-state index is 14.8. The highest BCUT2D eigenvalue weighted by atomic mass is 19.4. The summed E-state index contributed by atoms with van der Waals surface area (Å²) in [5.41, 5.74) is 0.739. The molecule has 10 heteroatoms. The van der Waals surface area contributed by atoms with Gasteiger partial charge in [0.1, 0.15) is 11.6 Å². The summed E-state index contributed by atoms with van der Waals surface area (Å²) in [6.07, 6.45) is -6.44. The lowest BCUT2D eigenvalue weighted by Crippen LogP contribution is -2.18. The molecule has 0 aliphatic carbocycles. The van der Waals surface area contributed by atoms with E-state index < -0.39 is 41.9 Å². The van der Waals surface area contributed by atoms with Crippen LogP contribution in [0.2, 0.25) is 0 Å². The Morgan fingerprint density at radius 1 is 1.05 bits per heavy atom. The van der Waals surface area contributed by atoms with Crippen molar-refractivity contribution in [3.63, 3.8) is 0 Å². The lowest BCUT2D eigenvalue weighted by Gasteiger charge is -2.15. The molecule has 0 fully saturated rings. The summed E-state index contributed by atoms with van der Waals surface area (Å²) in [6.45, 7) is 5.04. The number of benzene rings is 2. The minimum absolute atomic E-state index is 0.0377. The normalized spacial score (nSPS) is 11.9. The number of hydrogen-bond donors (Lipinski definition) is 1. The average molecular weight is 566 g/mol. The van der Waals surface area contributed by atoms with Crippen molar-refractivity contribution in [2.75, 3.05) is 7.05 Å². The van der Waals surface area contributed by atoms with Crippen molar-refractivity contribution in [1.29, 1.82) is 5.26 Å². The molecule has 0 saturated carbocycles. The van der Waals surface area contributed by atoms with E-state index in [2.05, 4.69) is 10.3 Å². The zero-order chi connectivity index (χ0) is 30.1. The van der Waals surface area contributed by atoms with Crippen molar-refractivity contribution in [3.8, 4) is 28.5 Å². The molecule has 1 amide bonds. The van der Waals surface area contributed by atoms with Crippen LogP contribution in [-0.2, 0) is 6.42 Å². The topological polar surface area (TPSA) is 96.0 Å². The fourth-order valence-electron chi connectivity index (χ4n) is 4.47. The number of halogens is 4. The molecule has 0 spiro atoms. The number of furan rings is 1. The Morgan fingerprint density at radius 3 is 2.34 bits per heavy atom. The largest absolute Gasteiger partial charge is 0.437 e. The van der Waals surface area contributed by atoms with Gasteiger partial charge in [0.05, 0.1) is 28.1 Å². The predicted octanol–water partition coefficient (Wildman–Crippen LogP) is 7.59. The van der Waals surface area contributed by atoms with E-state index in [1.807, 2.05) is 25.1 Å². The first-order chi connectivity index (χ1) is 19.2. The SMILES string of the molecule is CNC(=O)c1c(-c2ccc(C)cc2)oc2nc(CCC(F)(F)F)c(-c3cc(F)cc(C(=O)CC(C)(C)C#N)c3)cc12. The lowest BCUT2D eigenvalue weighted by atomic mass is 9.86. The Morgan fingerprint density at radius 2 is 1.73 bits per heavy atom. The molecule has 4 aromatic rings. The fourth-order valence-corrected chi connectivity index (χ4v) is 4.47. The van der Waals surface area contributed by atoms with Crippen LogP contribution in [0.25, 0.3) is 33.6 Å². The second-order valence-electron chi connectivity index (χ2n) is 10.5. The smallest absolute Gasteiger partial charge is 0.389 e. The minimum atomic E-state index is -4.50. The molecule has 2 heterocycles. The number of amides is 1. The molecule has 0 saturated heterocycles. The van der Waals surface area contributed by atoms with Gasteiger partial charge in [0.15, 0.2) is 5.78 Å². The van der Waals surface area contributed by atoms with Crippen molar-refractivity contribution in [3.05, 3.63) is 76.7 Å². The molecule has 0 aliphatic rings. The highest BCUT2D eigenvalue weighted by Crippen LogP contribution is 2.38. The van der Waals surface area contributed by atoms with Crippen molar-refractivity contribution < 1.29 is 31.6 Å². The van der Waals surface area contributed by atoms with Gasteiger partial charge in [0, 0.05) is 36.6 Å². The number of carbonyl (C=O) groups is 2. The van der Waals surface area contributed by atoms with Gasteiger partial charge in [-0.1, -0.05) is 29.8 Å². The number of alkyl halides is 3. The van der Waals surface area contributed by atoms with Crippen molar-refractivity contribution >= 4 is 22.8 Å². The number of fused-ring (bicyclic) bond motifs is 1. The van der Waals surface area contributed by atoms with E-state index in [0.717, 1.165) is 17.7 Å². The number of nitriles is 1. The van der Waals surface area contributed by atoms with Crippen molar-refractivity contribution in [1.82, 2.24) is 10.3 Å². The second kappa shape index (κ2) is 11.2. The summed E-state index contributed by atoms with van der Waals surface area (Å²) in [6, 6.07) is 14.1. The highest BCUT2D eigenvalue weighted by Gasteiger charge is 2.30. The first-order valence-corrected chi connectivity index (χ1v) is 12.8. The molecule has 1 N–H and O–H groups in total. The quantitative estimate of drug-likeness (QED) is 0.175. The van der Waals surface area contributed by atoms with Gasteiger partial charge < -0.3 is 9.73 Å². The van der Waals surface area contributed by atoms with Crippen LogP contribution in [-0.4, -0.2) is 29.9 Å². The standard InChI is InChI=1S/C31H27F4N3O3/c1-17-5-7-18(8-6-17)27-26(28(40)37-4)23-14-22(24(38-29(23)41-27)9-10-31(33,34)35)19-11-20(13-21(32)12-19)25(39)15-30(2,3)16-36/h5-8,11-14H,9-10,15H2,1-4H3,(H,37,40). The Bertz CT molecular complexity index is 1680. The molecule has 0 radical (unpaired) electrons. The first-order valence-electron chi connectivity index (χ1n) is 12.8. The molecular weight excluding hydrogens is 538 g/mol. The highest BCUT2D eigenvalue weighted by molar-refractivity contribution is 6.11. The van der Waals surface area contributed by atoms with Crippen LogP contribution >= 0.6 is 0 Å². The van der Waals surface area contributed by atoms with Crippen molar-refractivity contribution in [2.45, 2.75) is 46.2 Å². The summed E-state index contributed by atoms with van der Waals surface area (Å²) in [4.78, 5) is 30.3. The number of pyridine rings is 1. The summed E-state index contributed by atoms with van der Waals surface area (Å²) >= 11 is 0. The monoisotopic (exact) mass is 565 g/mol. The van der Waals surface area contributed by atoms with Gasteiger partial charge in [-0.2, -0.15) is 18.4 Å². The van der Waals surface area contributed by atoms with Gasteiger partial charge in [-0.05, 0) is 57.0 Å². The Balaban J connectivity index is 1.96. The Labute approximate surface area is 234 Å². The van der Waals surface area contributed by atoms with Gasteiger partial charge in [0.2, 0.25) is 5.71 Å². The zero-order valence-corrected chi connectivity index (χ0v) is 22.9. The van der Waals surface area contributed by atoms with E-state index in [1.165, 1.54) is 19.2 Å². The van der Waals surface area contributed by atoms with Crippen LogP contribution < -0.4 is 5.32 Å². The molecule has 0 bridgehead atoms. The van der Waals surface area contributed by atoms with E-state index in [9.17, 15) is 32.4 Å². The number of nitrogens with zero attached hydrogens (tertiary/aromatic N) is 2. The fraction of sp³-hybridized carbons (Fsp3) is 0.290. The van der Waals surface area contributed by atoms with Gasteiger partial charge in [-0.15, -0.1) is 0 Å². The summed E-state index contributed by atoms with van der Waals surface area (Å²) < 4.78 is 60.5. The average Bonchev–Trinajstić information content (AvgIpc) is 3.28. The van der Waals surface area contributed by atoms with E-state index in [4.69, 9.17) is 4.42 Å². The molecule has 212 valence electrons. The van der Waals surface area contributed by atoms with Crippen LogP contribution in [0.1, 0.15) is 58.7 Å². The molecule has 2 aromatic heterocycles. The third-order valence-electron chi connectivity index (χ3n) is 6.61. The van der Waals surface area contributed by atoms with Gasteiger partial charge >= 0.3 is 6.18 Å². The predicted molar refractivity (Wildman–Crippen MR) is 146 cm³/mol. The molecule has 41 heavy (non-hydrogen) atoms. The van der Waals surface area contributed by atoms with E-state index in [0.29, 0.717) is 5.56 Å². The number of hydrogen-bond acceptors (Lipinski definition) is 5. The summed E-state index contributed by atoms with van der Waals surface area (Å²) in [7, 11) is 1.43. The van der Waals surface area contributed by atoms with E-state index in [-0.39, 0.29) is 51.2 Å². The minimum Gasteiger partial charge on any atom is -0.437 e. The number of aryl methyl sites for hydroxylation is 2. The first kappa shape index (κ1) is 29.5. The van der Waals surface area contributed by atoms with Crippen LogP contribution in [0.5, 0.6) is 0 Å². The number of nitrogens with one attached hydrogen (secondary N) is 1. The van der Waals surface area contributed by atoms with Crippen molar-refractivity contribution in [2.24, 2.45) is 5.41 Å². The number of rotatable bonds is 8. The van der Waals surface area contributed by atoms with Crippen LogP contribution in [0, 0.1) is 29.5 Å². The van der Waals surface area contributed by atoms with Crippen LogP contribution in [0.15, 0.2) is 52.9 Å². The number of ketones is 1. The van der Waals surface area contributed by atoms with E-state index >= 15 is 0 Å². The molecule has 6 nitrogen and oxygen atoms in total. The van der Waals surface area contributed by atoms with Crippen LogP contribution in [0.4, 0.5) is 17.6 Å². The maximum Gasteiger partial charge on any atom is 0.389 e. The summed E-state index contributed by atoms with van der Waals surface area (Å²) in [5.74, 6) is -1.62. The molecular formula is C31H27F4N3O3. The molecule has 0 atom stereocenters. The Hall–Kier alpha value is -4.52. The zero-order valence-electron chi connectivity index (χ0n) is 22.9. The van der Waals surface area contributed by atoms with Gasteiger partial charge in [0.25, 0.3) is 5.91 Å². The molecule has 4 rings (SSSR count). The lowest BCUT2D eigenvalue weighted by molar-refractivity contribution is -0.134. The van der Waals surface area contributed by atoms with Gasteiger partial charge in [-0.25, -0.2) is 9.37 Å².